The van der Waals surface area contributed by atoms with E-state index in [1.165, 1.54) is 16.7 Å². The lowest BCUT2D eigenvalue weighted by atomic mass is 10.0. The number of aliphatic imine (C=N–C) groups is 1. The minimum Gasteiger partial charge on any atom is -0.356 e. The number of aryl methyl sites for hydroxylation is 3. The van der Waals surface area contributed by atoms with E-state index in [0.717, 1.165) is 32.0 Å². The molecule has 25 heavy (non-hydrogen) atoms. The number of guanidine groups is 1. The lowest BCUT2D eigenvalue weighted by molar-refractivity contribution is 0.569. The predicted molar refractivity (Wildman–Crippen MR) is 116 cm³/mol. The van der Waals surface area contributed by atoms with E-state index in [2.05, 4.69) is 72.0 Å². The van der Waals surface area contributed by atoms with Crippen LogP contribution in [0.15, 0.2) is 41.7 Å². The summed E-state index contributed by atoms with van der Waals surface area (Å²) in [7, 11) is 1.81. The molecule has 2 aromatic rings. The second kappa shape index (κ2) is 11.1. The van der Waals surface area contributed by atoms with Crippen LogP contribution in [0.4, 0.5) is 0 Å². The van der Waals surface area contributed by atoms with Gasteiger partial charge in [-0.25, -0.2) is 0 Å². The van der Waals surface area contributed by atoms with Crippen LogP contribution < -0.4 is 10.6 Å². The van der Waals surface area contributed by atoms with Crippen LogP contribution in [0, 0.1) is 13.8 Å². The Hall–Kier alpha value is -1.57. The standard InChI is InChI=1S/C19H29N5.HI/c1-15-6-8-18(9-7-15)17(3)13-22-19(20-4)21-10-5-11-24-14-16(2)12-23-24;/h6-9,12,14,17H,5,10-11,13H2,1-4H3,(H2,20,21,22);1H. The molecular weight excluding hydrogens is 425 g/mol. The van der Waals surface area contributed by atoms with Gasteiger partial charge in [0.1, 0.15) is 0 Å². The Morgan fingerprint density at radius 3 is 2.48 bits per heavy atom. The Morgan fingerprint density at radius 1 is 1.16 bits per heavy atom. The highest BCUT2D eigenvalue weighted by atomic mass is 127. The SMILES string of the molecule is CN=C(NCCCn1cc(C)cn1)NCC(C)c1ccc(C)cc1.I. The molecule has 6 heteroatoms. The quantitative estimate of drug-likeness (QED) is 0.291. The minimum atomic E-state index is 0. The smallest absolute Gasteiger partial charge is 0.190 e. The van der Waals surface area contributed by atoms with Crippen molar-refractivity contribution in [1.29, 1.82) is 0 Å². The fraction of sp³-hybridized carbons (Fsp3) is 0.474. The van der Waals surface area contributed by atoms with Crippen molar-refractivity contribution >= 4 is 29.9 Å². The van der Waals surface area contributed by atoms with E-state index in [9.17, 15) is 0 Å². The molecule has 2 rings (SSSR count). The summed E-state index contributed by atoms with van der Waals surface area (Å²) in [5.74, 6) is 1.29. The topological polar surface area (TPSA) is 54.2 Å². The molecule has 0 amide bonds. The van der Waals surface area contributed by atoms with Crippen LogP contribution in [-0.4, -0.2) is 35.9 Å². The van der Waals surface area contributed by atoms with Gasteiger partial charge in [0.05, 0.1) is 6.20 Å². The monoisotopic (exact) mass is 455 g/mol. The van der Waals surface area contributed by atoms with Crippen molar-refractivity contribution in [2.75, 3.05) is 20.1 Å². The lowest BCUT2D eigenvalue weighted by Crippen LogP contribution is -2.39. The van der Waals surface area contributed by atoms with Gasteiger partial charge in [-0.1, -0.05) is 36.8 Å². The first kappa shape index (κ1) is 21.5. The number of hydrogen-bond acceptors (Lipinski definition) is 2. The molecule has 0 aliphatic heterocycles. The largest absolute Gasteiger partial charge is 0.356 e. The first-order chi connectivity index (χ1) is 11.6. The Balaban J connectivity index is 0.00000312. The summed E-state index contributed by atoms with van der Waals surface area (Å²) < 4.78 is 1.98. The summed E-state index contributed by atoms with van der Waals surface area (Å²) in [6, 6.07) is 8.72. The number of nitrogens with zero attached hydrogens (tertiary/aromatic N) is 3. The molecule has 2 N–H and O–H groups in total. The van der Waals surface area contributed by atoms with Gasteiger partial charge in [-0.15, -0.1) is 24.0 Å². The van der Waals surface area contributed by atoms with Gasteiger partial charge in [0.15, 0.2) is 5.96 Å². The number of nitrogens with one attached hydrogen (secondary N) is 2. The third-order valence-electron chi connectivity index (χ3n) is 4.06. The van der Waals surface area contributed by atoms with Crippen LogP contribution in [0.3, 0.4) is 0 Å². The normalized spacial score (nSPS) is 12.4. The first-order valence-electron chi connectivity index (χ1n) is 8.58. The molecule has 0 bridgehead atoms. The van der Waals surface area contributed by atoms with E-state index in [-0.39, 0.29) is 24.0 Å². The molecule has 5 nitrogen and oxygen atoms in total. The van der Waals surface area contributed by atoms with E-state index in [4.69, 9.17) is 0 Å². The molecule has 1 atom stereocenters. The van der Waals surface area contributed by atoms with E-state index in [0.29, 0.717) is 5.92 Å². The van der Waals surface area contributed by atoms with Crippen LogP contribution in [-0.2, 0) is 6.54 Å². The van der Waals surface area contributed by atoms with E-state index in [1.807, 2.05) is 17.9 Å². The van der Waals surface area contributed by atoms with Crippen LogP contribution >= 0.6 is 24.0 Å². The fourth-order valence-corrected chi connectivity index (χ4v) is 2.52. The van der Waals surface area contributed by atoms with Gasteiger partial charge in [0.2, 0.25) is 0 Å². The highest BCUT2D eigenvalue weighted by Gasteiger charge is 2.06. The Morgan fingerprint density at radius 2 is 1.88 bits per heavy atom. The van der Waals surface area contributed by atoms with Crippen LogP contribution in [0.1, 0.15) is 36.0 Å². The molecule has 0 fully saturated rings. The summed E-state index contributed by atoms with van der Waals surface area (Å²) in [6.45, 7) is 9.05. The number of benzene rings is 1. The average molecular weight is 455 g/mol. The zero-order valence-electron chi connectivity index (χ0n) is 15.6. The van der Waals surface area contributed by atoms with Crippen molar-refractivity contribution in [3.8, 4) is 0 Å². The Kier molecular flexibility index (Phi) is 9.55. The molecule has 1 unspecified atom stereocenters. The third-order valence-corrected chi connectivity index (χ3v) is 4.06. The van der Waals surface area contributed by atoms with Crippen molar-refractivity contribution in [3.63, 3.8) is 0 Å². The van der Waals surface area contributed by atoms with Crippen LogP contribution in [0.2, 0.25) is 0 Å². The molecule has 0 aliphatic carbocycles. The lowest BCUT2D eigenvalue weighted by Gasteiger charge is -2.16. The molecule has 138 valence electrons. The number of hydrogen-bond donors (Lipinski definition) is 2. The van der Waals surface area contributed by atoms with Crippen molar-refractivity contribution in [2.45, 2.75) is 39.7 Å². The summed E-state index contributed by atoms with van der Waals surface area (Å²) >= 11 is 0. The number of rotatable bonds is 7. The van der Waals surface area contributed by atoms with Gasteiger partial charge in [-0.3, -0.25) is 9.67 Å². The van der Waals surface area contributed by atoms with Crippen molar-refractivity contribution in [2.24, 2.45) is 4.99 Å². The van der Waals surface area contributed by atoms with Crippen molar-refractivity contribution in [3.05, 3.63) is 53.3 Å². The molecular formula is C19H30IN5. The van der Waals surface area contributed by atoms with Gasteiger partial charge in [0.25, 0.3) is 0 Å². The van der Waals surface area contributed by atoms with Gasteiger partial charge in [-0.2, -0.15) is 5.10 Å². The molecule has 1 heterocycles. The molecule has 0 radical (unpaired) electrons. The molecule has 1 aromatic carbocycles. The molecule has 0 spiro atoms. The van der Waals surface area contributed by atoms with Gasteiger partial charge < -0.3 is 10.6 Å². The summed E-state index contributed by atoms with van der Waals surface area (Å²) in [6.07, 6.45) is 4.96. The zero-order chi connectivity index (χ0) is 17.4. The average Bonchev–Trinajstić information content (AvgIpc) is 3.00. The maximum atomic E-state index is 4.29. The minimum absolute atomic E-state index is 0. The van der Waals surface area contributed by atoms with Crippen LogP contribution in [0.5, 0.6) is 0 Å². The summed E-state index contributed by atoms with van der Waals surface area (Å²) in [5, 5.41) is 11.1. The maximum absolute atomic E-state index is 4.29. The fourth-order valence-electron chi connectivity index (χ4n) is 2.52. The third kappa shape index (κ3) is 7.46. The Bertz CT molecular complexity index is 648. The van der Waals surface area contributed by atoms with Crippen molar-refractivity contribution < 1.29 is 0 Å². The highest BCUT2D eigenvalue weighted by molar-refractivity contribution is 14.0. The Labute approximate surface area is 168 Å². The van der Waals surface area contributed by atoms with E-state index >= 15 is 0 Å². The highest BCUT2D eigenvalue weighted by Crippen LogP contribution is 2.14. The predicted octanol–water partition coefficient (Wildman–Crippen LogP) is 3.48. The molecule has 0 saturated heterocycles. The van der Waals surface area contributed by atoms with Crippen LogP contribution in [0.25, 0.3) is 0 Å². The van der Waals surface area contributed by atoms with Gasteiger partial charge in [0, 0.05) is 32.9 Å². The number of halogens is 1. The second-order valence-electron chi connectivity index (χ2n) is 6.33. The molecule has 0 aliphatic rings. The second-order valence-corrected chi connectivity index (χ2v) is 6.33. The maximum Gasteiger partial charge on any atom is 0.190 e. The summed E-state index contributed by atoms with van der Waals surface area (Å²) in [5.41, 5.74) is 3.84. The molecule has 0 saturated carbocycles. The van der Waals surface area contributed by atoms with Gasteiger partial charge >= 0.3 is 0 Å². The zero-order valence-corrected chi connectivity index (χ0v) is 18.0. The molecule has 1 aromatic heterocycles. The van der Waals surface area contributed by atoms with Crippen molar-refractivity contribution in [1.82, 2.24) is 20.4 Å². The number of aromatic nitrogens is 2. The van der Waals surface area contributed by atoms with E-state index in [1.54, 1.807) is 0 Å². The van der Waals surface area contributed by atoms with Gasteiger partial charge in [-0.05, 0) is 37.3 Å². The van der Waals surface area contributed by atoms with E-state index < -0.39 is 0 Å². The summed E-state index contributed by atoms with van der Waals surface area (Å²) in [4.78, 5) is 4.29. The first-order valence-corrected chi connectivity index (χ1v) is 8.58.